The van der Waals surface area contributed by atoms with Gasteiger partial charge in [0.2, 0.25) is 0 Å². The highest BCUT2D eigenvalue weighted by Crippen LogP contribution is 2.15. The highest BCUT2D eigenvalue weighted by molar-refractivity contribution is 5.75. The first-order chi connectivity index (χ1) is 12.5. The summed E-state index contributed by atoms with van der Waals surface area (Å²) in [5.41, 5.74) is 13.1. The Hall–Kier alpha value is -1.62. The molecule has 0 radical (unpaired) electrons. The van der Waals surface area contributed by atoms with Crippen LogP contribution >= 0.6 is 0 Å². The molecule has 0 aromatic rings. The lowest BCUT2D eigenvalue weighted by Crippen LogP contribution is -2.75. The third kappa shape index (κ3) is 4.81. The maximum atomic E-state index is 12.6. The van der Waals surface area contributed by atoms with E-state index in [1.54, 1.807) is 20.0 Å². The summed E-state index contributed by atoms with van der Waals surface area (Å²) in [6.45, 7) is 15.8. The molecule has 2 fully saturated rings. The number of urea groups is 2. The Labute approximate surface area is 162 Å². The first-order valence-corrected chi connectivity index (χ1v) is 9.82. The number of hydrazine groups is 4. The van der Waals surface area contributed by atoms with Crippen molar-refractivity contribution in [3.8, 4) is 0 Å². The number of carbonyl (C=O) groups is 2. The normalized spacial score (nSPS) is 21.0. The Morgan fingerprint density at radius 3 is 1.00 bits per heavy atom. The third-order valence-corrected chi connectivity index (χ3v) is 4.54. The SMILES string of the molecule is CC(C)N1NC(CC2NN(C(C)C)C(=O)N(C(C)C)N2)NN(C(C)C)C1=O. The number of carbonyl (C=O) groups excluding carboxylic acids is 2. The first kappa shape index (κ1) is 21.7. The summed E-state index contributed by atoms with van der Waals surface area (Å²) < 4.78 is 0. The molecule has 10 heteroatoms. The third-order valence-electron chi connectivity index (χ3n) is 4.54. The van der Waals surface area contributed by atoms with Crippen molar-refractivity contribution in [3.63, 3.8) is 0 Å². The molecule has 27 heavy (non-hydrogen) atoms. The second-order valence-electron chi connectivity index (χ2n) is 8.28. The smallest absolute Gasteiger partial charge is 0.254 e. The van der Waals surface area contributed by atoms with E-state index in [9.17, 15) is 9.59 Å². The number of hydrogen-bond acceptors (Lipinski definition) is 6. The molecule has 4 amide bonds. The summed E-state index contributed by atoms with van der Waals surface area (Å²) in [6, 6.07) is -0.0895. The molecule has 2 saturated heterocycles. The fourth-order valence-electron chi connectivity index (χ4n) is 3.11. The minimum absolute atomic E-state index is 0.0246. The molecular weight excluding hydrogens is 348 g/mol. The van der Waals surface area contributed by atoms with E-state index in [4.69, 9.17) is 0 Å². The highest BCUT2D eigenvalue weighted by Gasteiger charge is 2.38. The average Bonchev–Trinajstić information content (AvgIpc) is 2.56. The van der Waals surface area contributed by atoms with Crippen molar-refractivity contribution in [1.29, 1.82) is 0 Å². The molecule has 2 aliphatic heterocycles. The Morgan fingerprint density at radius 1 is 0.593 bits per heavy atom. The summed E-state index contributed by atoms with van der Waals surface area (Å²) in [5, 5.41) is 6.59. The zero-order chi connectivity index (χ0) is 20.5. The van der Waals surface area contributed by atoms with Gasteiger partial charge in [0.15, 0.2) is 0 Å². The number of nitrogens with one attached hydrogen (secondary N) is 4. The van der Waals surface area contributed by atoms with Crippen molar-refractivity contribution < 1.29 is 9.59 Å². The molecule has 4 N–H and O–H groups in total. The van der Waals surface area contributed by atoms with Crippen LogP contribution in [0.25, 0.3) is 0 Å². The van der Waals surface area contributed by atoms with Gasteiger partial charge in [-0.2, -0.15) is 0 Å². The molecule has 0 unspecified atom stereocenters. The molecule has 0 aromatic carbocycles. The Kier molecular flexibility index (Phi) is 6.90. The fourth-order valence-corrected chi connectivity index (χ4v) is 3.11. The monoisotopic (exact) mass is 384 g/mol. The molecular formula is C17H36N8O2. The van der Waals surface area contributed by atoms with Crippen molar-refractivity contribution in [2.24, 2.45) is 0 Å². The summed E-state index contributed by atoms with van der Waals surface area (Å²) in [6.07, 6.45) is 0.266. The van der Waals surface area contributed by atoms with Crippen LogP contribution in [0.2, 0.25) is 0 Å². The molecule has 2 aliphatic rings. The second-order valence-corrected chi connectivity index (χ2v) is 8.28. The average molecular weight is 385 g/mol. The van der Waals surface area contributed by atoms with Gasteiger partial charge < -0.3 is 0 Å². The zero-order valence-electron chi connectivity index (χ0n) is 17.8. The van der Waals surface area contributed by atoms with E-state index in [0.29, 0.717) is 6.42 Å². The van der Waals surface area contributed by atoms with E-state index in [1.165, 1.54) is 0 Å². The molecule has 10 nitrogen and oxygen atoms in total. The number of rotatable bonds is 6. The molecule has 156 valence electrons. The van der Waals surface area contributed by atoms with E-state index in [2.05, 4.69) is 21.7 Å². The van der Waals surface area contributed by atoms with Gasteiger partial charge in [0.1, 0.15) is 0 Å². The van der Waals surface area contributed by atoms with Gasteiger partial charge in [0.25, 0.3) is 0 Å². The van der Waals surface area contributed by atoms with Crippen molar-refractivity contribution in [2.75, 3.05) is 0 Å². The highest BCUT2D eigenvalue weighted by atomic mass is 16.2. The van der Waals surface area contributed by atoms with Gasteiger partial charge in [-0.25, -0.2) is 31.3 Å². The predicted octanol–water partition coefficient (Wildman–Crippen LogP) is 1.16. The first-order valence-electron chi connectivity index (χ1n) is 9.82. The maximum absolute atomic E-state index is 12.6. The van der Waals surface area contributed by atoms with Crippen LogP contribution in [0, 0.1) is 0 Å². The Morgan fingerprint density at radius 2 is 0.815 bits per heavy atom. The van der Waals surface area contributed by atoms with Gasteiger partial charge >= 0.3 is 12.1 Å². The largest absolute Gasteiger partial charge is 0.349 e. The van der Waals surface area contributed by atoms with E-state index >= 15 is 0 Å². The van der Waals surface area contributed by atoms with Crippen LogP contribution in [-0.4, -0.2) is 68.6 Å². The molecule has 0 aromatic heterocycles. The van der Waals surface area contributed by atoms with Crippen LogP contribution < -0.4 is 21.7 Å². The van der Waals surface area contributed by atoms with E-state index in [0.717, 1.165) is 0 Å². The lowest BCUT2D eigenvalue weighted by Gasteiger charge is -2.48. The fraction of sp³-hybridized carbons (Fsp3) is 0.882. The minimum Gasteiger partial charge on any atom is -0.254 e. The van der Waals surface area contributed by atoms with Crippen molar-refractivity contribution >= 4 is 12.1 Å². The topological polar surface area (TPSA) is 95.2 Å². The van der Waals surface area contributed by atoms with Gasteiger partial charge in [-0.3, -0.25) is 20.0 Å². The summed E-state index contributed by atoms with van der Waals surface area (Å²) >= 11 is 0. The lowest BCUT2D eigenvalue weighted by atomic mass is 10.2. The zero-order valence-corrected chi connectivity index (χ0v) is 17.8. The molecule has 2 heterocycles. The van der Waals surface area contributed by atoms with E-state index in [1.807, 2.05) is 55.4 Å². The van der Waals surface area contributed by atoms with Gasteiger partial charge in [0.05, 0.1) is 12.3 Å². The number of hydrogen-bond donors (Lipinski definition) is 4. The van der Waals surface area contributed by atoms with Crippen molar-refractivity contribution in [1.82, 2.24) is 41.7 Å². The van der Waals surface area contributed by atoms with Crippen LogP contribution in [0.5, 0.6) is 0 Å². The van der Waals surface area contributed by atoms with Crippen LogP contribution in [0.3, 0.4) is 0 Å². The van der Waals surface area contributed by atoms with Gasteiger partial charge in [0, 0.05) is 30.6 Å². The standard InChI is InChI=1S/C17H36N8O2/c1-10(2)22-16(26)23(11(3)4)19-14(18-22)9-15-20-24(12(5)6)17(27)25(21-15)13(7)8/h10-15,18-21H,9H2,1-8H3. The number of nitrogens with zero attached hydrogens (tertiary/aromatic N) is 4. The Bertz CT molecular complexity index is 453. The number of amides is 4. The minimum atomic E-state index is -0.172. The van der Waals surface area contributed by atoms with Crippen LogP contribution in [0.15, 0.2) is 0 Å². The molecule has 2 rings (SSSR count). The summed E-state index contributed by atoms with van der Waals surface area (Å²) in [5.74, 6) is 0. The quantitative estimate of drug-likeness (QED) is 0.549. The van der Waals surface area contributed by atoms with Crippen LogP contribution in [0.1, 0.15) is 61.8 Å². The summed E-state index contributed by atoms with van der Waals surface area (Å²) in [7, 11) is 0. The van der Waals surface area contributed by atoms with E-state index < -0.39 is 0 Å². The van der Waals surface area contributed by atoms with Gasteiger partial charge in [-0.05, 0) is 55.4 Å². The van der Waals surface area contributed by atoms with Crippen LogP contribution in [0.4, 0.5) is 9.59 Å². The maximum Gasteiger partial charge on any atom is 0.349 e. The van der Waals surface area contributed by atoms with Gasteiger partial charge in [-0.1, -0.05) is 0 Å². The Balaban J connectivity index is 2.13. The van der Waals surface area contributed by atoms with Crippen molar-refractivity contribution in [3.05, 3.63) is 0 Å². The molecule has 0 aliphatic carbocycles. The lowest BCUT2D eigenvalue weighted by molar-refractivity contribution is -0.0285. The van der Waals surface area contributed by atoms with E-state index in [-0.39, 0.29) is 48.6 Å². The predicted molar refractivity (Wildman–Crippen MR) is 103 cm³/mol. The molecule has 0 bridgehead atoms. The van der Waals surface area contributed by atoms with Crippen molar-refractivity contribution in [2.45, 2.75) is 98.3 Å². The molecule has 0 spiro atoms. The molecule has 0 saturated carbocycles. The van der Waals surface area contributed by atoms with Crippen LogP contribution in [-0.2, 0) is 0 Å². The van der Waals surface area contributed by atoms with Gasteiger partial charge in [-0.15, -0.1) is 0 Å². The molecule has 0 atom stereocenters. The summed E-state index contributed by atoms with van der Waals surface area (Å²) in [4.78, 5) is 25.2. The second kappa shape index (κ2) is 8.59.